The number of benzene rings is 3. The lowest BCUT2D eigenvalue weighted by Crippen LogP contribution is -2.01. The number of hydrogen-bond donors (Lipinski definition) is 0. The lowest BCUT2D eigenvalue weighted by atomic mass is 10.00. The molecule has 0 nitrogen and oxygen atoms in total. The van der Waals surface area contributed by atoms with Crippen LogP contribution in [0.2, 0.25) is 10.0 Å². The fourth-order valence-corrected chi connectivity index (χ4v) is 3.33. The third-order valence-electron chi connectivity index (χ3n) is 3.66. The number of thiocarbonyl (C=S) groups is 1. The van der Waals surface area contributed by atoms with Crippen molar-refractivity contribution in [2.75, 3.05) is 0 Å². The topological polar surface area (TPSA) is 0 Å². The van der Waals surface area contributed by atoms with Crippen LogP contribution in [0.15, 0.2) is 72.8 Å². The highest BCUT2D eigenvalue weighted by Gasteiger charge is 2.12. The van der Waals surface area contributed by atoms with Crippen molar-refractivity contribution >= 4 is 40.3 Å². The molecule has 3 aromatic carbocycles. The Morgan fingerprint density at radius 3 is 1.83 bits per heavy atom. The monoisotopic (exact) mass is 356 g/mol. The molecular formula is C20H14Cl2S. The molecule has 3 rings (SSSR count). The molecule has 3 heteroatoms. The zero-order valence-electron chi connectivity index (χ0n) is 12.3. The van der Waals surface area contributed by atoms with Gasteiger partial charge in [-0.15, -0.1) is 0 Å². The summed E-state index contributed by atoms with van der Waals surface area (Å²) in [5.41, 5.74) is 3.97. The van der Waals surface area contributed by atoms with Gasteiger partial charge in [-0.2, -0.15) is 0 Å². The van der Waals surface area contributed by atoms with Crippen molar-refractivity contribution in [2.45, 2.75) is 6.42 Å². The summed E-state index contributed by atoms with van der Waals surface area (Å²) in [5, 5.41) is 1.30. The van der Waals surface area contributed by atoms with Crippen LogP contribution in [0.3, 0.4) is 0 Å². The van der Waals surface area contributed by atoms with Crippen LogP contribution in [-0.2, 0) is 6.42 Å². The van der Waals surface area contributed by atoms with Crippen LogP contribution in [0.1, 0.15) is 22.3 Å². The van der Waals surface area contributed by atoms with E-state index in [1.807, 2.05) is 60.7 Å². The molecule has 0 atom stereocenters. The average molecular weight is 357 g/mol. The fraction of sp³-hybridized carbons (Fsp3) is 0.0500. The van der Waals surface area contributed by atoms with E-state index in [0.717, 1.165) is 21.6 Å². The van der Waals surface area contributed by atoms with Gasteiger partial charge in [0.15, 0.2) is 0 Å². The van der Waals surface area contributed by atoms with Crippen molar-refractivity contribution in [3.63, 3.8) is 0 Å². The first-order chi connectivity index (χ1) is 11.1. The number of rotatable bonds is 4. The molecule has 23 heavy (non-hydrogen) atoms. The normalized spacial score (nSPS) is 10.5. The molecule has 0 fully saturated rings. The second-order valence-electron chi connectivity index (χ2n) is 5.28. The zero-order chi connectivity index (χ0) is 16.2. The van der Waals surface area contributed by atoms with Crippen LogP contribution in [-0.4, -0.2) is 4.86 Å². The van der Waals surface area contributed by atoms with Gasteiger partial charge in [0.05, 0.1) is 4.86 Å². The Bertz CT molecular complexity index is 804. The molecule has 0 spiro atoms. The zero-order valence-corrected chi connectivity index (χ0v) is 14.6. The molecule has 114 valence electrons. The Hall–Kier alpha value is -1.67. The lowest BCUT2D eigenvalue weighted by Gasteiger charge is -2.11. The molecule has 0 aliphatic rings. The molecule has 0 aromatic heterocycles. The van der Waals surface area contributed by atoms with E-state index in [0.29, 0.717) is 16.5 Å². The largest absolute Gasteiger partial charge is 0.0839 e. The fourth-order valence-electron chi connectivity index (χ4n) is 2.46. The Balaban J connectivity index is 1.93. The van der Waals surface area contributed by atoms with Gasteiger partial charge in [-0.1, -0.05) is 96.1 Å². The van der Waals surface area contributed by atoms with Gasteiger partial charge >= 0.3 is 0 Å². The SMILES string of the molecule is S=C(c1ccccc1)c1cc(Cl)c(Cc2ccccc2)c(Cl)c1. The Labute approximate surface area is 151 Å². The van der Waals surface area contributed by atoms with Crippen LogP contribution in [0, 0.1) is 0 Å². The molecule has 0 heterocycles. The Morgan fingerprint density at radius 1 is 0.739 bits per heavy atom. The van der Waals surface area contributed by atoms with Gasteiger partial charge in [0.1, 0.15) is 0 Å². The maximum absolute atomic E-state index is 6.47. The van der Waals surface area contributed by atoms with E-state index >= 15 is 0 Å². The van der Waals surface area contributed by atoms with E-state index in [1.54, 1.807) is 0 Å². The van der Waals surface area contributed by atoms with Crippen molar-refractivity contribution in [2.24, 2.45) is 0 Å². The van der Waals surface area contributed by atoms with Gasteiger partial charge in [-0.3, -0.25) is 0 Å². The second kappa shape index (κ2) is 7.27. The minimum absolute atomic E-state index is 0.648. The molecule has 0 amide bonds. The van der Waals surface area contributed by atoms with E-state index in [1.165, 1.54) is 5.56 Å². The van der Waals surface area contributed by atoms with Gasteiger partial charge in [-0.05, 0) is 34.4 Å². The highest BCUT2D eigenvalue weighted by Crippen LogP contribution is 2.30. The summed E-state index contributed by atoms with van der Waals surface area (Å²) in [6.07, 6.45) is 0.705. The first-order valence-corrected chi connectivity index (χ1v) is 8.43. The maximum Gasteiger partial charge on any atom is 0.0522 e. The predicted octanol–water partition coefficient (Wildman–Crippen LogP) is 6.35. The summed E-state index contributed by atoms with van der Waals surface area (Å²) >= 11 is 18.5. The van der Waals surface area contributed by atoms with Crippen LogP contribution < -0.4 is 0 Å². The third kappa shape index (κ3) is 3.81. The van der Waals surface area contributed by atoms with Crippen LogP contribution in [0.4, 0.5) is 0 Å². The van der Waals surface area contributed by atoms with Gasteiger partial charge in [0.2, 0.25) is 0 Å². The van der Waals surface area contributed by atoms with Gasteiger partial charge < -0.3 is 0 Å². The van der Waals surface area contributed by atoms with Crippen molar-refractivity contribution in [3.8, 4) is 0 Å². The first kappa shape index (κ1) is 16.2. The number of hydrogen-bond acceptors (Lipinski definition) is 1. The van der Waals surface area contributed by atoms with Gasteiger partial charge in [-0.25, -0.2) is 0 Å². The van der Waals surface area contributed by atoms with E-state index < -0.39 is 0 Å². The molecular weight excluding hydrogens is 343 g/mol. The molecule has 0 unspecified atom stereocenters. The maximum atomic E-state index is 6.47. The summed E-state index contributed by atoms with van der Waals surface area (Å²) < 4.78 is 0. The van der Waals surface area contributed by atoms with Crippen LogP contribution in [0.25, 0.3) is 0 Å². The van der Waals surface area contributed by atoms with E-state index in [4.69, 9.17) is 35.4 Å². The smallest absolute Gasteiger partial charge is 0.0522 e. The molecule has 0 bridgehead atoms. The molecule has 0 aliphatic carbocycles. The standard InChI is InChI=1S/C20H14Cl2S/c21-18-12-16(20(23)15-9-5-2-6-10-15)13-19(22)17(18)11-14-7-3-1-4-8-14/h1-10,12-13H,11H2. The molecule has 0 radical (unpaired) electrons. The summed E-state index contributed by atoms with van der Waals surface area (Å²) in [6, 6.07) is 23.8. The van der Waals surface area contributed by atoms with E-state index in [-0.39, 0.29) is 0 Å². The number of halogens is 2. The Kier molecular flexibility index (Phi) is 5.12. The van der Waals surface area contributed by atoms with Crippen molar-refractivity contribution in [1.29, 1.82) is 0 Å². The molecule has 0 saturated heterocycles. The van der Waals surface area contributed by atoms with Gasteiger partial charge in [0.25, 0.3) is 0 Å². The van der Waals surface area contributed by atoms with Crippen molar-refractivity contribution < 1.29 is 0 Å². The first-order valence-electron chi connectivity index (χ1n) is 7.27. The second-order valence-corrected chi connectivity index (χ2v) is 6.50. The summed E-state index contributed by atoms with van der Waals surface area (Å²) in [5.74, 6) is 0. The van der Waals surface area contributed by atoms with E-state index in [2.05, 4.69) is 12.1 Å². The molecule has 3 aromatic rings. The van der Waals surface area contributed by atoms with Crippen LogP contribution >= 0.6 is 35.4 Å². The summed E-state index contributed by atoms with van der Waals surface area (Å²) in [6.45, 7) is 0. The minimum atomic E-state index is 0.648. The lowest BCUT2D eigenvalue weighted by molar-refractivity contribution is 1.19. The summed E-state index contributed by atoms with van der Waals surface area (Å²) in [7, 11) is 0. The molecule has 0 saturated carbocycles. The average Bonchev–Trinajstić information content (AvgIpc) is 2.59. The molecule has 0 N–H and O–H groups in total. The minimum Gasteiger partial charge on any atom is -0.0839 e. The third-order valence-corrected chi connectivity index (χ3v) is 4.81. The Morgan fingerprint density at radius 2 is 1.26 bits per heavy atom. The summed E-state index contributed by atoms with van der Waals surface area (Å²) in [4.78, 5) is 0.751. The predicted molar refractivity (Wildman–Crippen MR) is 103 cm³/mol. The van der Waals surface area contributed by atoms with Crippen molar-refractivity contribution in [3.05, 3.63) is 105 Å². The van der Waals surface area contributed by atoms with Crippen LogP contribution in [0.5, 0.6) is 0 Å². The molecule has 0 aliphatic heterocycles. The van der Waals surface area contributed by atoms with E-state index in [9.17, 15) is 0 Å². The van der Waals surface area contributed by atoms with Gasteiger partial charge in [0, 0.05) is 16.5 Å². The highest BCUT2D eigenvalue weighted by molar-refractivity contribution is 7.81. The van der Waals surface area contributed by atoms with Crippen molar-refractivity contribution in [1.82, 2.24) is 0 Å². The quantitative estimate of drug-likeness (QED) is 0.387. The highest BCUT2D eigenvalue weighted by atomic mass is 35.5.